The third-order valence-corrected chi connectivity index (χ3v) is 4.74. The number of likely N-dealkylation sites (tertiary alicyclic amines) is 1. The molecule has 0 aromatic carbocycles. The molecule has 1 amide bonds. The monoisotopic (exact) mass is 373 g/mol. The molecule has 4 nitrogen and oxygen atoms in total. The fraction of sp³-hybridized carbons (Fsp3) is 0.600. The van der Waals surface area contributed by atoms with Gasteiger partial charge in [0.25, 0.3) is 5.91 Å². The molecule has 0 aliphatic carbocycles. The molecular formula is C15H21BrClN3O. The number of nitrogens with zero attached hydrogens (tertiary/aromatic N) is 3. The van der Waals surface area contributed by atoms with Gasteiger partial charge in [0.15, 0.2) is 0 Å². The summed E-state index contributed by atoms with van der Waals surface area (Å²) in [6.45, 7) is 5.46. The lowest BCUT2D eigenvalue weighted by molar-refractivity contribution is 0.0642. The minimum atomic E-state index is -0.0530. The lowest BCUT2D eigenvalue weighted by Gasteiger charge is -2.36. The van der Waals surface area contributed by atoms with Gasteiger partial charge in [-0.1, -0.05) is 18.5 Å². The summed E-state index contributed by atoms with van der Waals surface area (Å²) in [6, 6.07) is 2.01. The Balaban J connectivity index is 2.01. The van der Waals surface area contributed by atoms with E-state index in [1.54, 1.807) is 12.3 Å². The Hall–Kier alpha value is -0.650. The molecule has 0 spiro atoms. The van der Waals surface area contributed by atoms with E-state index in [1.165, 1.54) is 6.42 Å². The van der Waals surface area contributed by atoms with Gasteiger partial charge >= 0.3 is 0 Å². The largest absolute Gasteiger partial charge is 0.339 e. The Bertz CT molecular complexity index is 504. The quantitative estimate of drug-likeness (QED) is 0.757. The Kier molecular flexibility index (Phi) is 6.02. The highest BCUT2D eigenvalue weighted by Gasteiger charge is 2.27. The van der Waals surface area contributed by atoms with Gasteiger partial charge in [-0.3, -0.25) is 4.79 Å². The number of pyridine rings is 1. The van der Waals surface area contributed by atoms with E-state index in [1.807, 2.05) is 11.9 Å². The van der Waals surface area contributed by atoms with Crippen LogP contribution in [-0.4, -0.2) is 53.4 Å². The Morgan fingerprint density at radius 3 is 2.81 bits per heavy atom. The summed E-state index contributed by atoms with van der Waals surface area (Å²) in [5, 5.41) is 0.262. The molecule has 1 aliphatic rings. The molecule has 1 saturated heterocycles. The van der Waals surface area contributed by atoms with Gasteiger partial charge in [0.2, 0.25) is 0 Å². The molecule has 21 heavy (non-hydrogen) atoms. The minimum Gasteiger partial charge on any atom is -0.339 e. The van der Waals surface area contributed by atoms with Crippen molar-refractivity contribution in [1.29, 1.82) is 0 Å². The number of carbonyl (C=O) groups is 1. The van der Waals surface area contributed by atoms with Crippen LogP contribution in [0.1, 0.15) is 36.5 Å². The van der Waals surface area contributed by atoms with Gasteiger partial charge in [0, 0.05) is 36.8 Å². The molecular weight excluding hydrogens is 354 g/mol. The van der Waals surface area contributed by atoms with Crippen LogP contribution in [0.5, 0.6) is 0 Å². The number of piperidine rings is 1. The number of halogens is 2. The lowest BCUT2D eigenvalue weighted by atomic mass is 10.0. The number of amides is 1. The number of hydrogen-bond acceptors (Lipinski definition) is 3. The van der Waals surface area contributed by atoms with Crippen LogP contribution in [0.3, 0.4) is 0 Å². The first-order chi connectivity index (χ1) is 10.0. The van der Waals surface area contributed by atoms with Crippen molar-refractivity contribution in [3.05, 3.63) is 27.5 Å². The van der Waals surface area contributed by atoms with Crippen LogP contribution in [0.15, 0.2) is 16.7 Å². The summed E-state index contributed by atoms with van der Waals surface area (Å²) in [6.07, 6.45) is 4.81. The maximum absolute atomic E-state index is 12.6. The molecule has 1 aromatic heterocycles. The summed E-state index contributed by atoms with van der Waals surface area (Å²) in [4.78, 5) is 20.9. The van der Waals surface area contributed by atoms with Gasteiger partial charge < -0.3 is 9.80 Å². The van der Waals surface area contributed by atoms with E-state index < -0.39 is 0 Å². The first-order valence-corrected chi connectivity index (χ1v) is 8.50. The minimum absolute atomic E-state index is 0.0530. The number of hydrogen-bond donors (Lipinski definition) is 0. The van der Waals surface area contributed by atoms with Crippen molar-refractivity contribution in [2.24, 2.45) is 0 Å². The zero-order valence-corrected chi connectivity index (χ0v) is 14.8. The van der Waals surface area contributed by atoms with Crippen LogP contribution in [-0.2, 0) is 0 Å². The SMILES string of the molecule is CCCN1CCC(N(C)C(=O)c2cc(Br)cnc2Cl)CC1. The van der Waals surface area contributed by atoms with Crippen molar-refractivity contribution in [3.8, 4) is 0 Å². The van der Waals surface area contributed by atoms with Crippen molar-refractivity contribution in [1.82, 2.24) is 14.8 Å². The van der Waals surface area contributed by atoms with Crippen LogP contribution in [0.4, 0.5) is 0 Å². The van der Waals surface area contributed by atoms with Gasteiger partial charge in [-0.25, -0.2) is 4.98 Å². The molecule has 2 rings (SSSR count). The van der Waals surface area contributed by atoms with Gasteiger partial charge in [-0.15, -0.1) is 0 Å². The van der Waals surface area contributed by atoms with Crippen LogP contribution >= 0.6 is 27.5 Å². The van der Waals surface area contributed by atoms with E-state index in [0.29, 0.717) is 5.56 Å². The summed E-state index contributed by atoms with van der Waals surface area (Å²) in [5.41, 5.74) is 0.463. The molecule has 2 heterocycles. The Morgan fingerprint density at radius 2 is 2.19 bits per heavy atom. The first-order valence-electron chi connectivity index (χ1n) is 7.33. The summed E-state index contributed by atoms with van der Waals surface area (Å²) in [5.74, 6) is -0.0530. The summed E-state index contributed by atoms with van der Waals surface area (Å²) >= 11 is 9.39. The average Bonchev–Trinajstić information content (AvgIpc) is 2.49. The lowest BCUT2D eigenvalue weighted by Crippen LogP contribution is -2.45. The normalized spacial score (nSPS) is 17.0. The molecule has 6 heteroatoms. The predicted octanol–water partition coefficient (Wildman–Crippen LogP) is 3.44. The Labute approximate surface area is 139 Å². The fourth-order valence-electron chi connectivity index (χ4n) is 2.77. The van der Waals surface area contributed by atoms with Crippen molar-refractivity contribution in [2.45, 2.75) is 32.2 Å². The van der Waals surface area contributed by atoms with Crippen molar-refractivity contribution >= 4 is 33.4 Å². The van der Waals surface area contributed by atoms with Crippen molar-refractivity contribution < 1.29 is 4.79 Å². The molecule has 0 N–H and O–H groups in total. The highest BCUT2D eigenvalue weighted by atomic mass is 79.9. The van der Waals surface area contributed by atoms with Crippen molar-refractivity contribution in [2.75, 3.05) is 26.7 Å². The highest BCUT2D eigenvalue weighted by molar-refractivity contribution is 9.10. The van der Waals surface area contributed by atoms with Gasteiger partial charge in [0.05, 0.1) is 5.56 Å². The molecule has 0 atom stereocenters. The standard InChI is InChI=1S/C15H21BrClN3O/c1-3-6-20-7-4-12(5-8-20)19(2)15(21)13-9-11(16)10-18-14(13)17/h9-10,12H,3-8H2,1-2H3. The van der Waals surface area contributed by atoms with E-state index in [4.69, 9.17) is 11.6 Å². The van der Waals surface area contributed by atoms with Gasteiger partial charge in [-0.05, 0) is 47.8 Å². The van der Waals surface area contributed by atoms with Crippen LogP contribution in [0.2, 0.25) is 5.15 Å². The van der Waals surface area contributed by atoms with Crippen LogP contribution in [0.25, 0.3) is 0 Å². The number of rotatable bonds is 4. The van der Waals surface area contributed by atoms with E-state index in [9.17, 15) is 4.79 Å². The molecule has 0 radical (unpaired) electrons. The molecule has 116 valence electrons. The average molecular weight is 375 g/mol. The highest BCUT2D eigenvalue weighted by Crippen LogP contribution is 2.22. The topological polar surface area (TPSA) is 36.4 Å². The van der Waals surface area contributed by atoms with E-state index in [-0.39, 0.29) is 17.1 Å². The number of carbonyl (C=O) groups excluding carboxylic acids is 1. The van der Waals surface area contributed by atoms with E-state index in [0.717, 1.165) is 36.9 Å². The van der Waals surface area contributed by atoms with Gasteiger partial charge in [0.1, 0.15) is 5.15 Å². The van der Waals surface area contributed by atoms with Crippen molar-refractivity contribution in [3.63, 3.8) is 0 Å². The maximum Gasteiger partial charge on any atom is 0.257 e. The molecule has 1 aliphatic heterocycles. The van der Waals surface area contributed by atoms with Crippen LogP contribution < -0.4 is 0 Å². The predicted molar refractivity (Wildman–Crippen MR) is 88.8 cm³/mol. The fourth-order valence-corrected chi connectivity index (χ4v) is 3.29. The van der Waals surface area contributed by atoms with E-state index >= 15 is 0 Å². The summed E-state index contributed by atoms with van der Waals surface area (Å²) < 4.78 is 0.765. The zero-order chi connectivity index (χ0) is 15.4. The number of aromatic nitrogens is 1. The molecule has 1 aromatic rings. The van der Waals surface area contributed by atoms with Gasteiger partial charge in [-0.2, -0.15) is 0 Å². The Morgan fingerprint density at radius 1 is 1.52 bits per heavy atom. The van der Waals surface area contributed by atoms with Crippen LogP contribution in [0, 0.1) is 0 Å². The first kappa shape index (κ1) is 16.7. The zero-order valence-electron chi connectivity index (χ0n) is 12.5. The maximum atomic E-state index is 12.6. The molecule has 1 fully saturated rings. The molecule has 0 unspecified atom stereocenters. The summed E-state index contributed by atoms with van der Waals surface area (Å²) in [7, 11) is 1.86. The second-order valence-electron chi connectivity index (χ2n) is 5.48. The van der Waals surface area contributed by atoms with E-state index in [2.05, 4.69) is 32.7 Å². The second-order valence-corrected chi connectivity index (χ2v) is 6.75. The molecule has 0 saturated carbocycles. The smallest absolute Gasteiger partial charge is 0.257 e. The second kappa shape index (κ2) is 7.56. The molecule has 0 bridgehead atoms. The third-order valence-electron chi connectivity index (χ3n) is 4.00. The third kappa shape index (κ3) is 4.18.